The first kappa shape index (κ1) is 27.8. The zero-order valence-electron chi connectivity index (χ0n) is 16.6. The van der Waals surface area contributed by atoms with Gasteiger partial charge in [-0.2, -0.15) is 0 Å². The molecule has 0 aromatic heterocycles. The number of rotatable bonds is 6. The summed E-state index contributed by atoms with van der Waals surface area (Å²) < 4.78 is 10.5. The van der Waals surface area contributed by atoms with Gasteiger partial charge < -0.3 is 19.7 Å². The van der Waals surface area contributed by atoms with Crippen LogP contribution in [0.1, 0.15) is 27.7 Å². The summed E-state index contributed by atoms with van der Waals surface area (Å²) in [5.41, 5.74) is -2.46. The number of hydrogen-bond donors (Lipinski definition) is 2. The average Bonchev–Trinajstić information content (AvgIpc) is 2.59. The van der Waals surface area contributed by atoms with Crippen LogP contribution in [0.2, 0.25) is 10.0 Å². The molecule has 0 aliphatic heterocycles. The van der Waals surface area contributed by atoms with Crippen LogP contribution >= 0.6 is 23.2 Å². The number of aliphatic carboxylic acids is 2. The summed E-state index contributed by atoms with van der Waals surface area (Å²) in [6.07, 6.45) is 0. The molecule has 0 spiro atoms. The van der Waals surface area contributed by atoms with Gasteiger partial charge in [-0.1, -0.05) is 23.2 Å². The third-order valence-electron chi connectivity index (χ3n) is 3.40. The van der Waals surface area contributed by atoms with E-state index in [1.54, 1.807) is 48.5 Å². The zero-order valence-corrected chi connectivity index (χ0v) is 20.3. The van der Waals surface area contributed by atoms with Crippen molar-refractivity contribution in [3.8, 4) is 11.5 Å². The summed E-state index contributed by atoms with van der Waals surface area (Å²) in [4.78, 5) is 21.5. The SMILES string of the molecule is CC(C)(Oc1ccc(Cl)cc1)C(=O)O.CC(C)(Oc1ccc(Cl)cc1)C(=O)O.[Ca]. The van der Waals surface area contributed by atoms with E-state index in [0.29, 0.717) is 21.5 Å². The second-order valence-electron chi connectivity index (χ2n) is 6.74. The maximum absolute atomic E-state index is 10.7. The summed E-state index contributed by atoms with van der Waals surface area (Å²) >= 11 is 11.3. The van der Waals surface area contributed by atoms with Crippen molar-refractivity contribution in [3.05, 3.63) is 58.6 Å². The van der Waals surface area contributed by atoms with Crippen LogP contribution in [0, 0.1) is 0 Å². The Labute approximate surface area is 209 Å². The molecule has 29 heavy (non-hydrogen) atoms. The maximum atomic E-state index is 10.7. The number of hydrogen-bond acceptors (Lipinski definition) is 4. The van der Waals surface area contributed by atoms with Gasteiger partial charge in [0, 0.05) is 47.8 Å². The van der Waals surface area contributed by atoms with Gasteiger partial charge >= 0.3 is 11.9 Å². The van der Waals surface area contributed by atoms with Crippen LogP contribution in [0.3, 0.4) is 0 Å². The Morgan fingerprint density at radius 2 is 0.931 bits per heavy atom. The molecule has 2 aromatic carbocycles. The number of carboxylic acid groups (broad SMARTS) is 2. The molecule has 0 heterocycles. The minimum Gasteiger partial charge on any atom is -0.478 e. The van der Waals surface area contributed by atoms with E-state index in [1.807, 2.05) is 0 Å². The first-order valence-corrected chi connectivity index (χ1v) is 8.95. The van der Waals surface area contributed by atoms with E-state index in [0.717, 1.165) is 0 Å². The summed E-state index contributed by atoms with van der Waals surface area (Å²) in [6.45, 7) is 5.96. The van der Waals surface area contributed by atoms with Crippen molar-refractivity contribution in [2.45, 2.75) is 38.9 Å². The summed E-state index contributed by atoms with van der Waals surface area (Å²) in [5.74, 6) is -1.04. The van der Waals surface area contributed by atoms with Gasteiger partial charge in [-0.3, -0.25) is 0 Å². The third kappa shape index (κ3) is 9.92. The fraction of sp³-hybridized carbons (Fsp3) is 0.300. The van der Waals surface area contributed by atoms with Gasteiger partial charge in [0.2, 0.25) is 0 Å². The number of carbonyl (C=O) groups is 2. The molecule has 0 bridgehead atoms. The van der Waals surface area contributed by atoms with Crippen molar-refractivity contribution in [3.63, 3.8) is 0 Å². The molecule has 9 heteroatoms. The van der Waals surface area contributed by atoms with E-state index in [1.165, 1.54) is 27.7 Å². The molecule has 0 unspecified atom stereocenters. The third-order valence-corrected chi connectivity index (χ3v) is 3.91. The number of ether oxygens (including phenoxy) is 2. The van der Waals surface area contributed by atoms with E-state index in [-0.39, 0.29) is 37.7 Å². The quantitative estimate of drug-likeness (QED) is 0.592. The van der Waals surface area contributed by atoms with Gasteiger partial charge in [-0.25, -0.2) is 9.59 Å². The van der Waals surface area contributed by atoms with Gasteiger partial charge in [0.15, 0.2) is 11.2 Å². The molecule has 0 atom stereocenters. The van der Waals surface area contributed by atoms with Crippen molar-refractivity contribution in [2.75, 3.05) is 0 Å². The number of halogens is 2. The Morgan fingerprint density at radius 1 is 0.690 bits per heavy atom. The molecule has 0 amide bonds. The van der Waals surface area contributed by atoms with Crippen LogP contribution in [0.15, 0.2) is 48.5 Å². The molecule has 2 radical (unpaired) electrons. The fourth-order valence-corrected chi connectivity index (χ4v) is 1.93. The summed E-state index contributed by atoms with van der Waals surface area (Å²) in [5, 5.41) is 18.8. The Bertz CT molecular complexity index is 735. The van der Waals surface area contributed by atoms with Gasteiger partial charge in [0.05, 0.1) is 0 Å². The molecule has 0 aliphatic carbocycles. The van der Waals surface area contributed by atoms with Gasteiger partial charge in [0.1, 0.15) is 11.5 Å². The topological polar surface area (TPSA) is 93.1 Å². The fourth-order valence-electron chi connectivity index (χ4n) is 1.68. The predicted molar refractivity (Wildman–Crippen MR) is 113 cm³/mol. The summed E-state index contributed by atoms with van der Waals surface area (Å²) in [7, 11) is 0. The molecule has 2 aromatic rings. The van der Waals surface area contributed by atoms with Gasteiger partial charge in [-0.15, -0.1) is 0 Å². The van der Waals surface area contributed by atoms with E-state index in [9.17, 15) is 9.59 Å². The van der Waals surface area contributed by atoms with Crippen LogP contribution < -0.4 is 9.47 Å². The monoisotopic (exact) mass is 468 g/mol. The van der Waals surface area contributed by atoms with Crippen molar-refractivity contribution in [2.24, 2.45) is 0 Å². The van der Waals surface area contributed by atoms with Crippen LogP contribution in [-0.2, 0) is 9.59 Å². The molecular formula is C20H22CaCl2O6. The first-order valence-electron chi connectivity index (χ1n) is 8.19. The van der Waals surface area contributed by atoms with Gasteiger partial charge in [0.25, 0.3) is 0 Å². The van der Waals surface area contributed by atoms with E-state index in [4.69, 9.17) is 42.9 Å². The maximum Gasteiger partial charge on any atom is 0.347 e. The number of benzene rings is 2. The van der Waals surface area contributed by atoms with Crippen LogP contribution in [-0.4, -0.2) is 71.1 Å². The molecular weight excluding hydrogens is 447 g/mol. The van der Waals surface area contributed by atoms with Gasteiger partial charge in [-0.05, 0) is 76.2 Å². The smallest absolute Gasteiger partial charge is 0.347 e. The second-order valence-corrected chi connectivity index (χ2v) is 7.62. The largest absolute Gasteiger partial charge is 0.478 e. The molecule has 154 valence electrons. The first-order chi connectivity index (χ1) is 12.8. The van der Waals surface area contributed by atoms with Crippen molar-refractivity contribution >= 4 is 72.9 Å². The zero-order chi connectivity index (χ0) is 21.5. The standard InChI is InChI=1S/2C10H11ClO3.Ca/c2*1-10(2,9(12)13)14-8-5-3-7(11)4-6-8;/h2*3-6H,1-2H3,(H,12,13);. The van der Waals surface area contributed by atoms with Crippen molar-refractivity contribution in [1.29, 1.82) is 0 Å². The molecule has 6 nitrogen and oxygen atoms in total. The molecule has 2 N–H and O–H groups in total. The molecule has 0 saturated heterocycles. The molecule has 0 aliphatic rings. The van der Waals surface area contributed by atoms with Crippen LogP contribution in [0.4, 0.5) is 0 Å². The van der Waals surface area contributed by atoms with Crippen LogP contribution in [0.5, 0.6) is 11.5 Å². The van der Waals surface area contributed by atoms with Crippen LogP contribution in [0.25, 0.3) is 0 Å². The van der Waals surface area contributed by atoms with Crippen molar-refractivity contribution in [1.82, 2.24) is 0 Å². The minimum absolute atomic E-state index is 0. The molecule has 0 fully saturated rings. The predicted octanol–water partition coefficient (Wildman–Crippen LogP) is 4.78. The minimum atomic E-state index is -1.23. The molecule has 2 rings (SSSR count). The van der Waals surface area contributed by atoms with E-state index in [2.05, 4.69) is 0 Å². The Balaban J connectivity index is 0.000000523. The van der Waals surface area contributed by atoms with E-state index < -0.39 is 23.1 Å². The Kier molecular flexibility index (Phi) is 11.4. The second kappa shape index (κ2) is 11.9. The Morgan fingerprint density at radius 3 is 1.14 bits per heavy atom. The van der Waals surface area contributed by atoms with Crippen molar-refractivity contribution < 1.29 is 29.3 Å². The van der Waals surface area contributed by atoms with E-state index >= 15 is 0 Å². The Hall–Kier alpha value is -1.18. The number of carboxylic acids is 2. The summed E-state index contributed by atoms with van der Waals surface area (Å²) in [6, 6.07) is 13.1. The average molecular weight is 469 g/mol. The normalized spacial score (nSPS) is 10.7. The molecule has 0 saturated carbocycles.